The van der Waals surface area contributed by atoms with Gasteiger partial charge in [0.2, 0.25) is 10.0 Å². The molecule has 0 spiro atoms. The molecule has 0 bridgehead atoms. The van der Waals surface area contributed by atoms with Crippen molar-refractivity contribution in [2.45, 2.75) is 45.2 Å². The van der Waals surface area contributed by atoms with Crippen LogP contribution in [-0.4, -0.2) is 76.5 Å². The molecule has 11 heteroatoms. The number of guanidine groups is 1. The van der Waals surface area contributed by atoms with Crippen LogP contribution in [0.5, 0.6) is 0 Å². The minimum atomic E-state index is -3.28. The zero-order chi connectivity index (χ0) is 19.1. The summed E-state index contributed by atoms with van der Waals surface area (Å²) in [5.74, 6) is 0.609. The van der Waals surface area contributed by atoms with Crippen LogP contribution in [0.4, 0.5) is 4.79 Å². The molecule has 9 nitrogen and oxygen atoms in total. The molecule has 1 amide bonds. The quantitative estimate of drug-likeness (QED) is 0.279. The molecule has 0 saturated carbocycles. The number of nitrogens with one attached hydrogen (secondary N) is 3. The maximum absolute atomic E-state index is 11.7. The van der Waals surface area contributed by atoms with E-state index in [-0.39, 0.29) is 36.1 Å². The smallest absolute Gasteiger partial charge is 0.409 e. The van der Waals surface area contributed by atoms with Gasteiger partial charge in [0.1, 0.15) is 0 Å². The van der Waals surface area contributed by atoms with E-state index < -0.39 is 15.6 Å². The summed E-state index contributed by atoms with van der Waals surface area (Å²) in [7, 11) is -1.62. The average molecular weight is 505 g/mol. The van der Waals surface area contributed by atoms with Crippen molar-refractivity contribution < 1.29 is 17.9 Å². The fraction of sp³-hybridized carbons (Fsp3) is 0.867. The molecule has 3 N–H and O–H groups in total. The van der Waals surface area contributed by atoms with Gasteiger partial charge in [-0.2, -0.15) is 0 Å². The molecule has 26 heavy (non-hydrogen) atoms. The first-order chi connectivity index (χ1) is 11.6. The monoisotopic (exact) mass is 505 g/mol. The second kappa shape index (κ2) is 11.1. The Hall–Kier alpha value is -0.820. The minimum absolute atomic E-state index is 0. The molecule has 0 aromatic rings. The van der Waals surface area contributed by atoms with Gasteiger partial charge >= 0.3 is 6.09 Å². The van der Waals surface area contributed by atoms with Gasteiger partial charge in [-0.1, -0.05) is 0 Å². The van der Waals surface area contributed by atoms with Gasteiger partial charge in [0, 0.05) is 38.3 Å². The van der Waals surface area contributed by atoms with Gasteiger partial charge in [-0.05, 0) is 33.6 Å². The highest BCUT2D eigenvalue weighted by atomic mass is 127. The first kappa shape index (κ1) is 25.2. The summed E-state index contributed by atoms with van der Waals surface area (Å²) in [6, 6.07) is 0.197. The Morgan fingerprint density at radius 1 is 1.31 bits per heavy atom. The third-order valence-corrected chi connectivity index (χ3v) is 4.67. The van der Waals surface area contributed by atoms with Crippen molar-refractivity contribution in [2.24, 2.45) is 4.99 Å². The van der Waals surface area contributed by atoms with Crippen molar-refractivity contribution in [3.63, 3.8) is 0 Å². The highest BCUT2D eigenvalue weighted by molar-refractivity contribution is 14.0. The Balaban J connectivity index is 0.00000625. The van der Waals surface area contributed by atoms with E-state index in [1.807, 2.05) is 0 Å². The lowest BCUT2D eigenvalue weighted by molar-refractivity contribution is 0.0963. The molecule has 0 aliphatic carbocycles. The minimum Gasteiger partial charge on any atom is -0.450 e. The number of rotatable bonds is 6. The summed E-state index contributed by atoms with van der Waals surface area (Å²) in [6.07, 6.45) is 2.46. The predicted molar refractivity (Wildman–Crippen MR) is 114 cm³/mol. The van der Waals surface area contributed by atoms with Crippen molar-refractivity contribution >= 4 is 46.1 Å². The molecule has 0 unspecified atom stereocenters. The summed E-state index contributed by atoms with van der Waals surface area (Å²) in [4.78, 5) is 17.6. The normalized spacial score (nSPS) is 16.7. The van der Waals surface area contributed by atoms with Gasteiger partial charge in [-0.3, -0.25) is 4.99 Å². The van der Waals surface area contributed by atoms with Crippen molar-refractivity contribution in [3.8, 4) is 0 Å². The number of amides is 1. The Bertz CT molecular complexity index is 575. The Labute approximate surface area is 173 Å². The lowest BCUT2D eigenvalue weighted by Crippen LogP contribution is -2.55. The van der Waals surface area contributed by atoms with E-state index in [1.54, 1.807) is 32.7 Å². The van der Waals surface area contributed by atoms with E-state index in [1.165, 1.54) is 0 Å². The number of likely N-dealkylation sites (tertiary alicyclic amines) is 1. The van der Waals surface area contributed by atoms with Gasteiger partial charge < -0.3 is 20.3 Å². The molecule has 0 aromatic heterocycles. The largest absolute Gasteiger partial charge is 0.450 e. The van der Waals surface area contributed by atoms with Crippen LogP contribution in [-0.2, 0) is 14.8 Å². The molecular formula is C15H32IN5O4S. The number of carbonyl (C=O) groups is 1. The van der Waals surface area contributed by atoms with Crippen LogP contribution in [0.3, 0.4) is 0 Å². The molecule has 154 valence electrons. The standard InChI is InChI=1S/C15H31N5O4S.HI/c1-6-24-14(21)20-9-7-12(8-10-20)18-13(16-4)17-11-15(2,3)19-25(5,22)23;/h12,19H,6-11H2,1-5H3,(H2,16,17,18);1H. The third kappa shape index (κ3) is 9.76. The number of aliphatic imine (C=N–C) groups is 1. The van der Waals surface area contributed by atoms with E-state index in [4.69, 9.17) is 4.74 Å². The van der Waals surface area contributed by atoms with Crippen LogP contribution in [0.1, 0.15) is 33.6 Å². The van der Waals surface area contributed by atoms with Crippen LogP contribution >= 0.6 is 24.0 Å². The number of sulfonamides is 1. The summed E-state index contributed by atoms with van der Waals surface area (Å²) < 4.78 is 30.4. The molecule has 0 atom stereocenters. The van der Waals surface area contributed by atoms with Gasteiger partial charge in [-0.25, -0.2) is 17.9 Å². The molecular weight excluding hydrogens is 473 g/mol. The number of piperidine rings is 1. The number of hydrogen-bond donors (Lipinski definition) is 3. The molecule has 1 heterocycles. The van der Waals surface area contributed by atoms with E-state index in [0.717, 1.165) is 19.1 Å². The van der Waals surface area contributed by atoms with Crippen molar-refractivity contribution in [2.75, 3.05) is 39.5 Å². The lowest BCUT2D eigenvalue weighted by atomic mass is 10.1. The van der Waals surface area contributed by atoms with E-state index in [0.29, 0.717) is 32.2 Å². The third-order valence-electron chi connectivity index (χ3n) is 3.74. The van der Waals surface area contributed by atoms with Crippen LogP contribution in [0.15, 0.2) is 4.99 Å². The average Bonchev–Trinajstić information content (AvgIpc) is 2.50. The second-order valence-corrected chi connectivity index (χ2v) is 8.54. The van der Waals surface area contributed by atoms with Gasteiger partial charge in [0.05, 0.1) is 12.9 Å². The Morgan fingerprint density at radius 2 is 1.88 bits per heavy atom. The zero-order valence-corrected chi connectivity index (χ0v) is 19.3. The van der Waals surface area contributed by atoms with E-state index >= 15 is 0 Å². The molecule has 1 aliphatic rings. The van der Waals surface area contributed by atoms with E-state index in [9.17, 15) is 13.2 Å². The molecule has 0 aromatic carbocycles. The van der Waals surface area contributed by atoms with Crippen molar-refractivity contribution in [1.82, 2.24) is 20.3 Å². The fourth-order valence-electron chi connectivity index (χ4n) is 2.65. The lowest BCUT2D eigenvalue weighted by Gasteiger charge is -2.33. The van der Waals surface area contributed by atoms with Crippen molar-refractivity contribution in [3.05, 3.63) is 0 Å². The summed E-state index contributed by atoms with van der Waals surface area (Å²) >= 11 is 0. The van der Waals surface area contributed by atoms with Crippen LogP contribution in [0.2, 0.25) is 0 Å². The number of halogens is 1. The van der Waals surface area contributed by atoms with Gasteiger partial charge in [-0.15, -0.1) is 24.0 Å². The molecule has 1 aliphatic heterocycles. The first-order valence-corrected chi connectivity index (χ1v) is 10.3. The summed E-state index contributed by atoms with van der Waals surface area (Å²) in [5, 5.41) is 6.46. The second-order valence-electron chi connectivity index (χ2n) is 6.79. The van der Waals surface area contributed by atoms with Gasteiger partial charge in [0.15, 0.2) is 5.96 Å². The van der Waals surface area contributed by atoms with E-state index in [2.05, 4.69) is 20.3 Å². The highest BCUT2D eigenvalue weighted by Crippen LogP contribution is 2.11. The SMILES string of the molecule is CCOC(=O)N1CCC(NC(=NC)NCC(C)(C)NS(C)(=O)=O)CC1.I. The molecule has 1 rings (SSSR count). The first-order valence-electron chi connectivity index (χ1n) is 8.44. The summed E-state index contributed by atoms with van der Waals surface area (Å²) in [6.45, 7) is 7.43. The van der Waals surface area contributed by atoms with Crippen LogP contribution in [0.25, 0.3) is 0 Å². The highest BCUT2D eigenvalue weighted by Gasteiger charge is 2.25. The molecule has 1 saturated heterocycles. The van der Waals surface area contributed by atoms with Crippen LogP contribution in [0, 0.1) is 0 Å². The maximum Gasteiger partial charge on any atom is 0.409 e. The number of hydrogen-bond acceptors (Lipinski definition) is 5. The van der Waals surface area contributed by atoms with Crippen molar-refractivity contribution in [1.29, 1.82) is 0 Å². The topological polar surface area (TPSA) is 112 Å². The van der Waals surface area contributed by atoms with Crippen LogP contribution < -0.4 is 15.4 Å². The Morgan fingerprint density at radius 3 is 2.35 bits per heavy atom. The number of nitrogens with zero attached hydrogens (tertiary/aromatic N) is 2. The predicted octanol–water partition coefficient (Wildman–Crippen LogP) is 0.718. The Kier molecular flexibility index (Phi) is 10.8. The summed E-state index contributed by atoms with van der Waals surface area (Å²) in [5.41, 5.74) is -0.640. The zero-order valence-electron chi connectivity index (χ0n) is 16.2. The fourth-order valence-corrected chi connectivity index (χ4v) is 3.73. The maximum atomic E-state index is 11.7. The molecule has 1 fully saturated rings. The molecule has 0 radical (unpaired) electrons. The number of carbonyl (C=O) groups excluding carboxylic acids is 1. The number of ether oxygens (including phenoxy) is 1. The van der Waals surface area contributed by atoms with Gasteiger partial charge in [0.25, 0.3) is 0 Å².